The molecule has 0 N–H and O–H groups in total. The summed E-state index contributed by atoms with van der Waals surface area (Å²) in [5.74, 6) is -0.674. The molecule has 0 aromatic heterocycles. The lowest BCUT2D eigenvalue weighted by Gasteiger charge is -2.30. The summed E-state index contributed by atoms with van der Waals surface area (Å²) in [5.41, 5.74) is 0. The minimum absolute atomic E-state index is 0.0635. The second-order valence-electron chi connectivity index (χ2n) is 2.78. The molecule has 4 heteroatoms. The van der Waals surface area contributed by atoms with Crippen molar-refractivity contribution in [3.8, 4) is 0 Å². The summed E-state index contributed by atoms with van der Waals surface area (Å²) in [6.45, 7) is 0. The molecule has 2 aliphatic heterocycles. The molecule has 0 aliphatic carbocycles. The van der Waals surface area contributed by atoms with Gasteiger partial charge in [0.25, 0.3) is 0 Å². The Balaban J connectivity index is 2.17. The third-order valence-corrected chi connectivity index (χ3v) is 3.50. The monoisotopic (exact) mass is 172 g/mol. The van der Waals surface area contributed by atoms with Crippen LogP contribution in [0.4, 0.5) is 0 Å². The normalized spacial score (nSPS) is 36.7. The van der Waals surface area contributed by atoms with Gasteiger partial charge in [0.05, 0.1) is 0 Å². The fourth-order valence-corrected chi connectivity index (χ4v) is 2.72. The van der Waals surface area contributed by atoms with Crippen LogP contribution in [-0.2, 0) is 14.3 Å². The Bertz CT molecular complexity index is 194. The number of cyclic esters (lactones) is 2. The van der Waals surface area contributed by atoms with Crippen molar-refractivity contribution in [1.29, 1.82) is 0 Å². The Morgan fingerprint density at radius 1 is 1.18 bits per heavy atom. The van der Waals surface area contributed by atoms with Crippen molar-refractivity contribution >= 4 is 23.7 Å². The number of esters is 2. The van der Waals surface area contributed by atoms with Gasteiger partial charge in [0.1, 0.15) is 10.5 Å². The summed E-state index contributed by atoms with van der Waals surface area (Å²) in [4.78, 5) is 21.9. The molecule has 2 saturated heterocycles. The second-order valence-corrected chi connectivity index (χ2v) is 4.19. The molecule has 2 fully saturated rings. The zero-order valence-corrected chi connectivity index (χ0v) is 6.73. The van der Waals surface area contributed by atoms with Gasteiger partial charge in [-0.05, 0) is 12.8 Å². The molecule has 3 nitrogen and oxygen atoms in total. The Morgan fingerprint density at radius 3 is 2.27 bits per heavy atom. The van der Waals surface area contributed by atoms with E-state index in [9.17, 15) is 9.59 Å². The maximum Gasteiger partial charge on any atom is 0.326 e. The molecule has 0 saturated carbocycles. The molecule has 60 valence electrons. The summed E-state index contributed by atoms with van der Waals surface area (Å²) in [6.07, 6.45) is 2.71. The summed E-state index contributed by atoms with van der Waals surface area (Å²) >= 11 is 1.47. The number of fused-ring (bicyclic) bond motifs is 2. The van der Waals surface area contributed by atoms with E-state index in [2.05, 4.69) is 4.74 Å². The lowest BCUT2D eigenvalue weighted by Crippen LogP contribution is -2.40. The average molecular weight is 172 g/mol. The van der Waals surface area contributed by atoms with E-state index in [1.807, 2.05) is 0 Å². The number of thioether (sulfide) groups is 1. The van der Waals surface area contributed by atoms with Gasteiger partial charge >= 0.3 is 11.9 Å². The summed E-state index contributed by atoms with van der Waals surface area (Å²) < 4.78 is 4.55. The summed E-state index contributed by atoms with van der Waals surface area (Å²) in [5, 5.41) is -0.127. The Morgan fingerprint density at radius 2 is 1.73 bits per heavy atom. The molecule has 11 heavy (non-hydrogen) atoms. The van der Waals surface area contributed by atoms with E-state index in [1.54, 1.807) is 0 Å². The van der Waals surface area contributed by atoms with E-state index in [0.29, 0.717) is 0 Å². The maximum atomic E-state index is 11.0. The molecule has 0 amide bonds. The van der Waals surface area contributed by atoms with E-state index < -0.39 is 0 Å². The molecule has 0 spiro atoms. The van der Waals surface area contributed by atoms with Crippen molar-refractivity contribution < 1.29 is 14.3 Å². The standard InChI is InChI=1S/C7H8O3S/c8-6-4-2-1-3-5(11-4)7(9)10-6/h4-5H,1-3H2. The van der Waals surface area contributed by atoms with Crippen molar-refractivity contribution in [3.05, 3.63) is 0 Å². The van der Waals surface area contributed by atoms with Gasteiger partial charge in [0.2, 0.25) is 0 Å². The second kappa shape index (κ2) is 2.52. The average Bonchev–Trinajstić information content (AvgIpc) is 2.02. The smallest absolute Gasteiger partial charge is 0.326 e. The molecule has 2 atom stereocenters. The molecule has 0 radical (unpaired) electrons. The Labute approximate surface area is 68.5 Å². The van der Waals surface area contributed by atoms with Gasteiger partial charge in [0.15, 0.2) is 0 Å². The first kappa shape index (κ1) is 7.16. The molecular weight excluding hydrogens is 164 g/mol. The van der Waals surface area contributed by atoms with Crippen LogP contribution < -0.4 is 0 Å². The zero-order valence-electron chi connectivity index (χ0n) is 5.91. The van der Waals surface area contributed by atoms with Crippen molar-refractivity contribution in [2.45, 2.75) is 29.8 Å². The minimum Gasteiger partial charge on any atom is -0.391 e. The predicted molar refractivity (Wildman–Crippen MR) is 40.1 cm³/mol. The molecule has 0 aromatic rings. The van der Waals surface area contributed by atoms with Crippen molar-refractivity contribution in [2.75, 3.05) is 0 Å². The quantitative estimate of drug-likeness (QED) is 0.399. The number of carbonyl (C=O) groups excluding carboxylic acids is 2. The van der Waals surface area contributed by atoms with Crippen LogP contribution in [0, 0.1) is 0 Å². The first-order valence-electron chi connectivity index (χ1n) is 3.68. The highest BCUT2D eigenvalue weighted by Gasteiger charge is 2.40. The molecule has 2 bridgehead atoms. The fraction of sp³-hybridized carbons (Fsp3) is 0.714. The van der Waals surface area contributed by atoms with Crippen LogP contribution in [0.1, 0.15) is 19.3 Å². The van der Waals surface area contributed by atoms with Gasteiger partial charge in [-0.2, -0.15) is 0 Å². The van der Waals surface area contributed by atoms with Gasteiger partial charge in [0, 0.05) is 0 Å². The number of ether oxygens (including phenoxy) is 1. The first-order chi connectivity index (χ1) is 5.27. The van der Waals surface area contributed by atoms with E-state index in [1.165, 1.54) is 11.8 Å². The molecule has 2 heterocycles. The highest BCUT2D eigenvalue weighted by Crippen LogP contribution is 2.36. The largest absolute Gasteiger partial charge is 0.391 e. The van der Waals surface area contributed by atoms with E-state index in [0.717, 1.165) is 19.3 Å². The van der Waals surface area contributed by atoms with Crippen LogP contribution in [0.3, 0.4) is 0 Å². The lowest BCUT2D eigenvalue weighted by molar-refractivity contribution is -0.160. The van der Waals surface area contributed by atoms with Gasteiger partial charge in [-0.25, -0.2) is 0 Å². The third kappa shape index (κ3) is 1.15. The number of hydrogen-bond donors (Lipinski definition) is 0. The van der Waals surface area contributed by atoms with Gasteiger partial charge < -0.3 is 4.74 Å². The highest BCUT2D eigenvalue weighted by atomic mass is 32.2. The summed E-state index contributed by atoms with van der Waals surface area (Å²) in [6, 6.07) is 0. The third-order valence-electron chi connectivity index (χ3n) is 1.99. The number of rotatable bonds is 0. The fourth-order valence-electron chi connectivity index (χ4n) is 1.40. The zero-order chi connectivity index (χ0) is 7.84. The molecule has 0 aromatic carbocycles. The van der Waals surface area contributed by atoms with Gasteiger partial charge in [-0.1, -0.05) is 6.42 Å². The molecular formula is C7H8O3S. The molecule has 2 unspecified atom stereocenters. The first-order valence-corrected chi connectivity index (χ1v) is 4.62. The van der Waals surface area contributed by atoms with Crippen LogP contribution in [0.2, 0.25) is 0 Å². The Hall–Kier alpha value is -0.510. The summed E-state index contributed by atoms with van der Waals surface area (Å²) in [7, 11) is 0. The van der Waals surface area contributed by atoms with E-state index in [-0.39, 0.29) is 22.4 Å². The van der Waals surface area contributed by atoms with Crippen LogP contribution in [-0.4, -0.2) is 22.4 Å². The van der Waals surface area contributed by atoms with Crippen LogP contribution >= 0.6 is 11.8 Å². The van der Waals surface area contributed by atoms with Crippen LogP contribution in [0.25, 0.3) is 0 Å². The number of carbonyl (C=O) groups is 2. The van der Waals surface area contributed by atoms with Crippen molar-refractivity contribution in [3.63, 3.8) is 0 Å². The SMILES string of the molecule is O=C1OC(=O)C2CCCC1S2. The minimum atomic E-state index is -0.337. The van der Waals surface area contributed by atoms with E-state index in [4.69, 9.17) is 0 Å². The highest BCUT2D eigenvalue weighted by molar-refractivity contribution is 8.02. The van der Waals surface area contributed by atoms with Crippen molar-refractivity contribution in [1.82, 2.24) is 0 Å². The van der Waals surface area contributed by atoms with Crippen LogP contribution in [0.5, 0.6) is 0 Å². The number of hydrogen-bond acceptors (Lipinski definition) is 4. The van der Waals surface area contributed by atoms with Gasteiger partial charge in [-0.15, -0.1) is 11.8 Å². The van der Waals surface area contributed by atoms with Crippen molar-refractivity contribution in [2.24, 2.45) is 0 Å². The molecule has 2 rings (SSSR count). The molecule has 2 aliphatic rings. The maximum absolute atomic E-state index is 11.0. The van der Waals surface area contributed by atoms with Crippen LogP contribution in [0.15, 0.2) is 0 Å². The topological polar surface area (TPSA) is 43.4 Å². The lowest BCUT2D eigenvalue weighted by atomic mass is 10.1. The predicted octanol–water partition coefficient (Wildman–Crippen LogP) is 0.724. The van der Waals surface area contributed by atoms with E-state index >= 15 is 0 Å². The van der Waals surface area contributed by atoms with Gasteiger partial charge in [-0.3, -0.25) is 9.59 Å². The Kier molecular flexibility index (Phi) is 1.64.